The number of aryl methyl sites for hydroxylation is 2. The first-order valence-electron chi connectivity index (χ1n) is 6.01. The Labute approximate surface area is 108 Å². The Morgan fingerprint density at radius 1 is 1.47 bits per heavy atom. The molecule has 1 aliphatic carbocycles. The minimum atomic E-state index is 0.441. The van der Waals surface area contributed by atoms with Crippen molar-refractivity contribution in [3.8, 4) is 0 Å². The minimum Gasteiger partial charge on any atom is -0.389 e. The van der Waals surface area contributed by atoms with Gasteiger partial charge in [0.2, 0.25) is 0 Å². The van der Waals surface area contributed by atoms with E-state index in [1.54, 1.807) is 0 Å². The van der Waals surface area contributed by atoms with E-state index in [2.05, 4.69) is 23.0 Å². The predicted molar refractivity (Wildman–Crippen MR) is 75.6 cm³/mol. The van der Waals surface area contributed by atoms with Crippen LogP contribution in [0.1, 0.15) is 36.2 Å². The molecule has 1 aromatic heterocycles. The van der Waals surface area contributed by atoms with Crippen molar-refractivity contribution in [1.82, 2.24) is 4.98 Å². The third kappa shape index (κ3) is 2.27. The fraction of sp³-hybridized carbons (Fsp3) is 0.538. The summed E-state index contributed by atoms with van der Waals surface area (Å²) in [5, 5.41) is 0. The maximum absolute atomic E-state index is 5.83. The monoisotopic (exact) mass is 249 g/mol. The first kappa shape index (κ1) is 12.3. The number of aromatic nitrogens is 1. The maximum atomic E-state index is 5.83. The van der Waals surface area contributed by atoms with Crippen LogP contribution in [0.3, 0.4) is 0 Å². The third-order valence-electron chi connectivity index (χ3n) is 3.56. The molecule has 0 atom stereocenters. The summed E-state index contributed by atoms with van der Waals surface area (Å²) in [6.45, 7) is 3.98. The van der Waals surface area contributed by atoms with Crippen molar-refractivity contribution < 1.29 is 0 Å². The molecule has 1 saturated carbocycles. The van der Waals surface area contributed by atoms with E-state index in [0.717, 1.165) is 22.6 Å². The Morgan fingerprint density at radius 3 is 2.59 bits per heavy atom. The molecule has 2 rings (SSSR count). The molecule has 0 unspecified atom stereocenters. The molecule has 17 heavy (non-hydrogen) atoms. The number of anilines is 1. The van der Waals surface area contributed by atoms with Crippen molar-refractivity contribution in [2.75, 3.05) is 11.9 Å². The maximum Gasteiger partial charge on any atom is 0.107 e. The van der Waals surface area contributed by atoms with E-state index in [1.807, 2.05) is 13.8 Å². The molecule has 1 aromatic rings. The second kappa shape index (κ2) is 4.61. The van der Waals surface area contributed by atoms with E-state index in [1.165, 1.54) is 19.3 Å². The van der Waals surface area contributed by atoms with Crippen LogP contribution in [0.15, 0.2) is 6.07 Å². The van der Waals surface area contributed by atoms with E-state index in [-0.39, 0.29) is 0 Å². The molecule has 0 bridgehead atoms. The number of nitrogens with two attached hydrogens (primary N) is 1. The fourth-order valence-electron chi connectivity index (χ4n) is 2.36. The Morgan fingerprint density at radius 2 is 2.12 bits per heavy atom. The summed E-state index contributed by atoms with van der Waals surface area (Å²) in [7, 11) is 2.12. The molecule has 0 spiro atoms. The number of pyridine rings is 1. The quantitative estimate of drug-likeness (QED) is 0.835. The molecule has 1 fully saturated rings. The normalized spacial score (nSPS) is 15.5. The van der Waals surface area contributed by atoms with Gasteiger partial charge in [0.15, 0.2) is 0 Å². The largest absolute Gasteiger partial charge is 0.389 e. The highest BCUT2D eigenvalue weighted by Crippen LogP contribution is 2.31. The predicted octanol–water partition coefficient (Wildman–Crippen LogP) is 2.32. The topological polar surface area (TPSA) is 42.1 Å². The summed E-state index contributed by atoms with van der Waals surface area (Å²) >= 11 is 5.15. The number of thiocarbonyl (C=S) groups is 1. The van der Waals surface area contributed by atoms with Gasteiger partial charge < -0.3 is 10.6 Å². The van der Waals surface area contributed by atoms with E-state index in [0.29, 0.717) is 11.0 Å². The van der Waals surface area contributed by atoms with Crippen LogP contribution in [0.25, 0.3) is 0 Å². The molecular weight excluding hydrogens is 230 g/mol. The van der Waals surface area contributed by atoms with Crippen LogP contribution in [-0.4, -0.2) is 23.1 Å². The van der Waals surface area contributed by atoms with E-state index in [4.69, 9.17) is 18.0 Å². The lowest BCUT2D eigenvalue weighted by atomic mass is 9.91. The molecule has 0 saturated heterocycles. The van der Waals surface area contributed by atoms with Crippen LogP contribution >= 0.6 is 12.2 Å². The number of nitrogens with zero attached hydrogens (tertiary/aromatic N) is 2. The minimum absolute atomic E-state index is 0.441. The van der Waals surface area contributed by atoms with Gasteiger partial charge in [0.05, 0.1) is 11.3 Å². The summed E-state index contributed by atoms with van der Waals surface area (Å²) in [5.41, 5.74) is 9.84. The van der Waals surface area contributed by atoms with Gasteiger partial charge in [-0.2, -0.15) is 0 Å². The molecule has 2 N–H and O–H groups in total. The van der Waals surface area contributed by atoms with Gasteiger partial charge in [-0.3, -0.25) is 4.98 Å². The third-order valence-corrected chi connectivity index (χ3v) is 3.76. The molecule has 3 nitrogen and oxygen atoms in total. The lowest BCUT2D eigenvalue weighted by Gasteiger charge is -2.37. The smallest absolute Gasteiger partial charge is 0.107 e. The standard InChI is InChI=1S/C13H19N3S/c1-8-7-11(16(3)10-5-4-6-10)12(13(14)17)9(2)15-8/h7,10H,4-6H2,1-3H3,(H2,14,17). The SMILES string of the molecule is Cc1cc(N(C)C2CCC2)c(C(N)=S)c(C)n1. The number of rotatable bonds is 3. The van der Waals surface area contributed by atoms with Gasteiger partial charge in [0.25, 0.3) is 0 Å². The Bertz CT molecular complexity index is 452. The molecule has 0 aromatic carbocycles. The van der Waals surface area contributed by atoms with E-state index in [9.17, 15) is 0 Å². The summed E-state index contributed by atoms with van der Waals surface area (Å²) in [5.74, 6) is 0. The lowest BCUT2D eigenvalue weighted by Crippen LogP contribution is -2.38. The van der Waals surface area contributed by atoms with E-state index < -0.39 is 0 Å². The van der Waals surface area contributed by atoms with Gasteiger partial charge in [-0.1, -0.05) is 12.2 Å². The molecule has 0 radical (unpaired) electrons. The van der Waals surface area contributed by atoms with E-state index >= 15 is 0 Å². The molecule has 1 heterocycles. The number of hydrogen-bond acceptors (Lipinski definition) is 3. The van der Waals surface area contributed by atoms with Crippen LogP contribution in [-0.2, 0) is 0 Å². The van der Waals surface area contributed by atoms with Gasteiger partial charge in [-0.15, -0.1) is 0 Å². The van der Waals surface area contributed by atoms with Crippen molar-refractivity contribution in [1.29, 1.82) is 0 Å². The van der Waals surface area contributed by atoms with Gasteiger partial charge in [0, 0.05) is 24.5 Å². The summed E-state index contributed by atoms with van der Waals surface area (Å²) < 4.78 is 0. The molecule has 1 aliphatic rings. The first-order valence-corrected chi connectivity index (χ1v) is 6.42. The van der Waals surface area contributed by atoms with Crippen molar-refractivity contribution in [3.63, 3.8) is 0 Å². The van der Waals surface area contributed by atoms with Crippen molar-refractivity contribution in [2.24, 2.45) is 5.73 Å². The van der Waals surface area contributed by atoms with Crippen LogP contribution in [0, 0.1) is 13.8 Å². The highest BCUT2D eigenvalue weighted by atomic mass is 32.1. The van der Waals surface area contributed by atoms with Crippen LogP contribution in [0.2, 0.25) is 0 Å². The average Bonchev–Trinajstić information content (AvgIpc) is 2.12. The second-order valence-electron chi connectivity index (χ2n) is 4.80. The molecule has 0 amide bonds. The Hall–Kier alpha value is -1.16. The highest BCUT2D eigenvalue weighted by Gasteiger charge is 2.25. The summed E-state index contributed by atoms with van der Waals surface area (Å²) in [4.78, 5) is 7.19. The van der Waals surface area contributed by atoms with Gasteiger partial charge in [0.1, 0.15) is 4.99 Å². The van der Waals surface area contributed by atoms with Crippen LogP contribution in [0.4, 0.5) is 5.69 Å². The van der Waals surface area contributed by atoms with Gasteiger partial charge in [-0.25, -0.2) is 0 Å². The average molecular weight is 249 g/mol. The lowest BCUT2D eigenvalue weighted by molar-refractivity contribution is 0.401. The number of hydrogen-bond donors (Lipinski definition) is 1. The Kier molecular flexibility index (Phi) is 3.33. The molecular formula is C13H19N3S. The van der Waals surface area contributed by atoms with Crippen molar-refractivity contribution in [3.05, 3.63) is 23.0 Å². The Balaban J connectivity index is 2.46. The molecule has 0 aliphatic heterocycles. The molecule has 4 heteroatoms. The fourth-order valence-corrected chi connectivity index (χ4v) is 2.61. The van der Waals surface area contributed by atoms with Crippen molar-refractivity contribution in [2.45, 2.75) is 39.2 Å². The molecule has 92 valence electrons. The second-order valence-corrected chi connectivity index (χ2v) is 5.24. The van der Waals surface area contributed by atoms with Crippen LogP contribution in [0.5, 0.6) is 0 Å². The zero-order chi connectivity index (χ0) is 12.6. The zero-order valence-electron chi connectivity index (χ0n) is 10.7. The van der Waals surface area contributed by atoms with Crippen molar-refractivity contribution >= 4 is 22.9 Å². The summed E-state index contributed by atoms with van der Waals surface area (Å²) in [6.07, 6.45) is 3.84. The van der Waals surface area contributed by atoms with Crippen LogP contribution < -0.4 is 10.6 Å². The first-order chi connectivity index (χ1) is 8.00. The highest BCUT2D eigenvalue weighted by molar-refractivity contribution is 7.80. The zero-order valence-corrected chi connectivity index (χ0v) is 11.5. The van der Waals surface area contributed by atoms with Gasteiger partial charge in [-0.05, 0) is 39.2 Å². The summed E-state index contributed by atoms with van der Waals surface area (Å²) in [6, 6.07) is 2.71. The van der Waals surface area contributed by atoms with Gasteiger partial charge >= 0.3 is 0 Å².